The molecule has 154 valence electrons. The summed E-state index contributed by atoms with van der Waals surface area (Å²) in [6.07, 6.45) is 5.09. The maximum absolute atomic E-state index is 12.6. The van der Waals surface area contributed by atoms with E-state index in [2.05, 4.69) is 19.7 Å². The number of hydrogen-bond donors (Lipinski definition) is 1. The minimum atomic E-state index is -3.65. The largest absolute Gasteiger partial charge is 0.494 e. The monoisotopic (exact) mass is 423 g/mol. The molecule has 0 aliphatic rings. The van der Waals surface area contributed by atoms with Crippen LogP contribution in [0.2, 0.25) is 0 Å². The van der Waals surface area contributed by atoms with E-state index in [0.29, 0.717) is 30.4 Å². The first kappa shape index (κ1) is 20.0. The number of hydrogen-bond acceptors (Lipinski definition) is 6. The highest BCUT2D eigenvalue weighted by atomic mass is 32.2. The zero-order valence-electron chi connectivity index (χ0n) is 16.4. The molecule has 3 heterocycles. The molecule has 1 aromatic carbocycles. The van der Waals surface area contributed by atoms with Crippen molar-refractivity contribution in [3.05, 3.63) is 67.1 Å². The molecule has 0 atom stereocenters. The number of nitrogens with one attached hydrogen (secondary N) is 1. The van der Waals surface area contributed by atoms with Gasteiger partial charge >= 0.3 is 0 Å². The Hall–Kier alpha value is -3.30. The fraction of sp³-hybridized carbons (Fsp3) is 0.190. The van der Waals surface area contributed by atoms with Crippen molar-refractivity contribution in [3.8, 4) is 17.1 Å². The second-order valence-electron chi connectivity index (χ2n) is 6.47. The van der Waals surface area contributed by atoms with Crippen molar-refractivity contribution in [3.63, 3.8) is 0 Å². The maximum Gasteiger partial charge on any atom is 0.240 e. The van der Waals surface area contributed by atoms with Crippen LogP contribution in [0.5, 0.6) is 5.75 Å². The van der Waals surface area contributed by atoms with Gasteiger partial charge in [-0.05, 0) is 55.5 Å². The lowest BCUT2D eigenvalue weighted by Crippen LogP contribution is -2.27. The summed E-state index contributed by atoms with van der Waals surface area (Å²) in [6, 6.07) is 13.8. The molecule has 0 unspecified atom stereocenters. The number of aromatic nitrogens is 4. The topological polar surface area (TPSA) is 99.0 Å². The third-order valence-corrected chi connectivity index (χ3v) is 5.99. The maximum atomic E-state index is 12.6. The van der Waals surface area contributed by atoms with Crippen molar-refractivity contribution >= 4 is 21.2 Å². The fourth-order valence-electron chi connectivity index (χ4n) is 3.15. The molecule has 0 aliphatic carbocycles. The van der Waals surface area contributed by atoms with E-state index in [-0.39, 0.29) is 11.4 Å². The van der Waals surface area contributed by atoms with Gasteiger partial charge in [-0.25, -0.2) is 23.1 Å². The van der Waals surface area contributed by atoms with Gasteiger partial charge in [0.25, 0.3) is 0 Å². The predicted molar refractivity (Wildman–Crippen MR) is 114 cm³/mol. The van der Waals surface area contributed by atoms with Gasteiger partial charge in [-0.3, -0.25) is 4.98 Å². The van der Waals surface area contributed by atoms with Crippen LogP contribution in [-0.2, 0) is 16.6 Å². The highest BCUT2D eigenvalue weighted by molar-refractivity contribution is 7.89. The van der Waals surface area contributed by atoms with Crippen LogP contribution in [0.1, 0.15) is 6.92 Å². The number of ether oxygens (including phenoxy) is 1. The third-order valence-electron chi connectivity index (χ3n) is 4.51. The molecule has 0 bridgehead atoms. The highest BCUT2D eigenvalue weighted by Crippen LogP contribution is 2.23. The molecular weight excluding hydrogens is 402 g/mol. The Morgan fingerprint density at radius 2 is 1.80 bits per heavy atom. The van der Waals surface area contributed by atoms with E-state index in [1.54, 1.807) is 30.7 Å². The Labute approximate surface area is 174 Å². The molecule has 8 nitrogen and oxygen atoms in total. The van der Waals surface area contributed by atoms with Crippen molar-refractivity contribution in [1.29, 1.82) is 0 Å². The second kappa shape index (κ2) is 8.60. The Kier molecular flexibility index (Phi) is 5.73. The molecule has 0 saturated heterocycles. The standard InChI is InChI=1S/C21H21N5O3S/c1-2-29-17-5-7-18(8-6-17)30(27,28)24-14-15-26-20(16-9-12-22-13-10-16)25-19-4-3-11-23-21(19)26/h3-13,24H,2,14-15H2,1H3. The van der Waals surface area contributed by atoms with Crippen molar-refractivity contribution in [2.45, 2.75) is 18.4 Å². The molecule has 0 amide bonds. The summed E-state index contributed by atoms with van der Waals surface area (Å²) in [7, 11) is -3.65. The average molecular weight is 423 g/mol. The van der Waals surface area contributed by atoms with Gasteiger partial charge < -0.3 is 9.30 Å². The van der Waals surface area contributed by atoms with Gasteiger partial charge in [0.15, 0.2) is 5.65 Å². The number of pyridine rings is 2. The molecule has 4 rings (SSSR count). The minimum absolute atomic E-state index is 0.189. The summed E-state index contributed by atoms with van der Waals surface area (Å²) in [5.74, 6) is 1.35. The molecule has 0 spiro atoms. The second-order valence-corrected chi connectivity index (χ2v) is 8.24. The van der Waals surface area contributed by atoms with Crippen molar-refractivity contribution in [1.82, 2.24) is 24.2 Å². The Bertz CT molecular complexity index is 1240. The molecule has 4 aromatic rings. The number of benzene rings is 1. The number of imidazole rings is 1. The normalized spacial score (nSPS) is 11.6. The number of fused-ring (bicyclic) bond motifs is 1. The van der Waals surface area contributed by atoms with Crippen molar-refractivity contribution < 1.29 is 13.2 Å². The molecule has 30 heavy (non-hydrogen) atoms. The molecule has 9 heteroatoms. The first-order chi connectivity index (χ1) is 14.6. The van der Waals surface area contributed by atoms with E-state index >= 15 is 0 Å². The Balaban J connectivity index is 1.55. The van der Waals surface area contributed by atoms with E-state index < -0.39 is 10.0 Å². The summed E-state index contributed by atoms with van der Waals surface area (Å²) in [5, 5.41) is 0. The van der Waals surface area contributed by atoms with Crippen LogP contribution in [0, 0.1) is 0 Å². The van der Waals surface area contributed by atoms with Crippen LogP contribution >= 0.6 is 0 Å². The van der Waals surface area contributed by atoms with Crippen LogP contribution in [0.25, 0.3) is 22.6 Å². The van der Waals surface area contributed by atoms with Gasteiger partial charge in [0, 0.05) is 37.2 Å². The van der Waals surface area contributed by atoms with Gasteiger partial charge in [0.2, 0.25) is 10.0 Å². The molecule has 0 aliphatic heterocycles. The van der Waals surface area contributed by atoms with Gasteiger partial charge in [-0.1, -0.05) is 0 Å². The van der Waals surface area contributed by atoms with Gasteiger partial charge in [-0.15, -0.1) is 0 Å². The van der Waals surface area contributed by atoms with E-state index in [9.17, 15) is 8.42 Å². The molecule has 0 saturated carbocycles. The Morgan fingerprint density at radius 1 is 1.03 bits per heavy atom. The van der Waals surface area contributed by atoms with Crippen LogP contribution in [0.4, 0.5) is 0 Å². The Morgan fingerprint density at radius 3 is 2.53 bits per heavy atom. The van der Waals surface area contributed by atoms with Crippen LogP contribution in [0.15, 0.2) is 72.0 Å². The quantitative estimate of drug-likeness (QED) is 0.468. The summed E-state index contributed by atoms with van der Waals surface area (Å²) < 4.78 is 35.2. The van der Waals surface area contributed by atoms with E-state index in [4.69, 9.17) is 4.74 Å². The lowest BCUT2D eigenvalue weighted by atomic mass is 10.2. The predicted octanol–water partition coefficient (Wildman–Crippen LogP) is 2.87. The average Bonchev–Trinajstić information content (AvgIpc) is 3.14. The molecular formula is C21H21N5O3S. The van der Waals surface area contributed by atoms with E-state index in [1.807, 2.05) is 35.8 Å². The van der Waals surface area contributed by atoms with Gasteiger partial charge in [0.05, 0.1) is 11.5 Å². The summed E-state index contributed by atoms with van der Waals surface area (Å²) in [4.78, 5) is 13.3. The number of nitrogens with zero attached hydrogens (tertiary/aromatic N) is 4. The lowest BCUT2D eigenvalue weighted by Gasteiger charge is -2.11. The van der Waals surface area contributed by atoms with E-state index in [0.717, 1.165) is 11.1 Å². The third kappa shape index (κ3) is 4.17. The van der Waals surface area contributed by atoms with Crippen LogP contribution < -0.4 is 9.46 Å². The molecule has 3 aromatic heterocycles. The minimum Gasteiger partial charge on any atom is -0.494 e. The molecule has 0 fully saturated rings. The van der Waals surface area contributed by atoms with E-state index in [1.165, 1.54) is 12.1 Å². The zero-order valence-corrected chi connectivity index (χ0v) is 17.2. The zero-order chi connectivity index (χ0) is 21.0. The van der Waals surface area contributed by atoms with Gasteiger partial charge in [-0.2, -0.15) is 0 Å². The first-order valence-electron chi connectivity index (χ1n) is 9.52. The number of sulfonamides is 1. The van der Waals surface area contributed by atoms with Gasteiger partial charge in [0.1, 0.15) is 17.1 Å². The summed E-state index contributed by atoms with van der Waals surface area (Å²) in [6.45, 7) is 2.97. The SMILES string of the molecule is CCOc1ccc(S(=O)(=O)NCCn2c(-c3ccncc3)nc3cccnc32)cc1. The summed E-state index contributed by atoms with van der Waals surface area (Å²) >= 11 is 0. The highest BCUT2D eigenvalue weighted by Gasteiger charge is 2.16. The van der Waals surface area contributed by atoms with Crippen LogP contribution in [-0.4, -0.2) is 41.1 Å². The number of rotatable bonds is 8. The van der Waals surface area contributed by atoms with Crippen molar-refractivity contribution in [2.24, 2.45) is 0 Å². The summed E-state index contributed by atoms with van der Waals surface area (Å²) in [5.41, 5.74) is 2.33. The first-order valence-corrected chi connectivity index (χ1v) is 11.0. The smallest absolute Gasteiger partial charge is 0.240 e. The molecule has 0 radical (unpaired) electrons. The van der Waals surface area contributed by atoms with Crippen LogP contribution in [0.3, 0.4) is 0 Å². The lowest BCUT2D eigenvalue weighted by molar-refractivity contribution is 0.340. The fourth-order valence-corrected chi connectivity index (χ4v) is 4.17. The van der Waals surface area contributed by atoms with Crippen molar-refractivity contribution in [2.75, 3.05) is 13.2 Å². The molecule has 1 N–H and O–H groups in total.